The minimum Gasteiger partial charge on any atom is -0.450 e. The Morgan fingerprint density at radius 1 is 1.00 bits per heavy atom. The maximum Gasteiger partial charge on any atom is 0.178 e. The number of carbonyl (C=O) groups excluding carboxylic acids is 1. The average molecular weight is 342 g/mol. The van der Waals surface area contributed by atoms with Crippen LogP contribution >= 0.6 is 0 Å². The molecule has 0 unspecified atom stereocenters. The predicted molar refractivity (Wildman–Crippen MR) is 97.4 cm³/mol. The SMILES string of the molecule is O=C1CCc2cc(Nc3c(-c4cnccn4)oc4cnccc34)ccc21. The Balaban J connectivity index is 1.63. The molecule has 0 spiro atoms. The van der Waals surface area contributed by atoms with Crippen molar-refractivity contribution >= 4 is 28.1 Å². The van der Waals surface area contributed by atoms with Crippen molar-refractivity contribution in [3.05, 3.63) is 66.4 Å². The van der Waals surface area contributed by atoms with E-state index >= 15 is 0 Å². The van der Waals surface area contributed by atoms with Gasteiger partial charge in [0, 0.05) is 41.6 Å². The number of aryl methyl sites for hydroxylation is 1. The van der Waals surface area contributed by atoms with Gasteiger partial charge in [0.2, 0.25) is 0 Å². The lowest BCUT2D eigenvalue weighted by Gasteiger charge is -2.09. The van der Waals surface area contributed by atoms with E-state index in [1.165, 1.54) is 0 Å². The molecule has 1 aliphatic carbocycles. The molecule has 0 radical (unpaired) electrons. The molecule has 6 heteroatoms. The van der Waals surface area contributed by atoms with Crippen LogP contribution in [-0.2, 0) is 6.42 Å². The van der Waals surface area contributed by atoms with Gasteiger partial charge >= 0.3 is 0 Å². The first-order valence-corrected chi connectivity index (χ1v) is 8.35. The number of carbonyl (C=O) groups is 1. The minimum atomic E-state index is 0.214. The molecule has 1 N–H and O–H groups in total. The highest BCUT2D eigenvalue weighted by Gasteiger charge is 2.21. The first-order chi connectivity index (χ1) is 12.8. The Morgan fingerprint density at radius 2 is 1.92 bits per heavy atom. The van der Waals surface area contributed by atoms with E-state index in [-0.39, 0.29) is 5.78 Å². The van der Waals surface area contributed by atoms with Gasteiger partial charge in [-0.1, -0.05) is 0 Å². The van der Waals surface area contributed by atoms with Crippen LogP contribution in [0.1, 0.15) is 22.3 Å². The maximum absolute atomic E-state index is 11.9. The van der Waals surface area contributed by atoms with Gasteiger partial charge in [0.15, 0.2) is 17.1 Å². The molecule has 0 saturated carbocycles. The van der Waals surface area contributed by atoms with Crippen molar-refractivity contribution in [2.45, 2.75) is 12.8 Å². The fourth-order valence-corrected chi connectivity index (χ4v) is 3.35. The molecule has 4 aromatic rings. The molecule has 0 atom stereocenters. The van der Waals surface area contributed by atoms with Gasteiger partial charge in [0.05, 0.1) is 18.1 Å². The zero-order valence-electron chi connectivity index (χ0n) is 13.8. The number of rotatable bonds is 3. The molecule has 3 aromatic heterocycles. The Hall–Kier alpha value is -3.54. The summed E-state index contributed by atoms with van der Waals surface area (Å²) in [4.78, 5) is 24.5. The summed E-state index contributed by atoms with van der Waals surface area (Å²) >= 11 is 0. The van der Waals surface area contributed by atoms with E-state index in [2.05, 4.69) is 20.3 Å². The van der Waals surface area contributed by atoms with Gasteiger partial charge < -0.3 is 9.73 Å². The standard InChI is InChI=1S/C20H14N4O2/c25-17-4-1-12-9-13(2-3-14(12)17)24-19-15-5-6-21-11-18(15)26-20(19)16-10-22-7-8-23-16/h2-3,5-11,24H,1,4H2. The molecular formula is C20H14N4O2. The number of furan rings is 1. The number of anilines is 2. The predicted octanol–water partition coefficient (Wildman–Crippen LogP) is 4.16. The minimum absolute atomic E-state index is 0.214. The summed E-state index contributed by atoms with van der Waals surface area (Å²) in [5, 5.41) is 4.35. The molecule has 0 amide bonds. The molecule has 0 saturated heterocycles. The van der Waals surface area contributed by atoms with E-state index in [1.54, 1.807) is 31.0 Å². The maximum atomic E-state index is 11.9. The average Bonchev–Trinajstić information content (AvgIpc) is 3.24. The highest BCUT2D eigenvalue weighted by atomic mass is 16.3. The van der Waals surface area contributed by atoms with Gasteiger partial charge in [-0.15, -0.1) is 0 Å². The number of ketones is 1. The number of pyridine rings is 1. The summed E-state index contributed by atoms with van der Waals surface area (Å²) in [6.07, 6.45) is 9.70. The lowest BCUT2D eigenvalue weighted by molar-refractivity contribution is 0.0994. The van der Waals surface area contributed by atoms with Crippen LogP contribution in [0.5, 0.6) is 0 Å². The van der Waals surface area contributed by atoms with Gasteiger partial charge in [0.25, 0.3) is 0 Å². The van der Waals surface area contributed by atoms with Crippen LogP contribution in [0.2, 0.25) is 0 Å². The number of fused-ring (bicyclic) bond motifs is 2. The Labute approximate surface area is 148 Å². The molecule has 1 aromatic carbocycles. The lowest BCUT2D eigenvalue weighted by atomic mass is 10.1. The molecule has 3 heterocycles. The number of nitrogens with zero attached hydrogens (tertiary/aromatic N) is 3. The Bertz CT molecular complexity index is 1140. The van der Waals surface area contributed by atoms with Crippen molar-refractivity contribution in [3.63, 3.8) is 0 Å². The van der Waals surface area contributed by atoms with E-state index in [9.17, 15) is 4.79 Å². The van der Waals surface area contributed by atoms with Gasteiger partial charge in [-0.2, -0.15) is 0 Å². The summed E-state index contributed by atoms with van der Waals surface area (Å²) in [6, 6.07) is 7.74. The fraction of sp³-hybridized carbons (Fsp3) is 0.100. The number of nitrogens with one attached hydrogen (secondary N) is 1. The molecule has 0 aliphatic heterocycles. The summed E-state index contributed by atoms with van der Waals surface area (Å²) in [5.41, 5.74) is 4.94. The number of hydrogen-bond acceptors (Lipinski definition) is 6. The molecule has 5 rings (SSSR count). The van der Waals surface area contributed by atoms with Crippen molar-refractivity contribution in [2.75, 3.05) is 5.32 Å². The Kier molecular flexibility index (Phi) is 3.28. The number of aromatic nitrogens is 3. The number of Topliss-reactive ketones (excluding diaryl/α,β-unsaturated/α-hetero) is 1. The number of benzene rings is 1. The van der Waals surface area contributed by atoms with Crippen LogP contribution < -0.4 is 5.32 Å². The van der Waals surface area contributed by atoms with Crippen LogP contribution in [0.4, 0.5) is 11.4 Å². The third-order valence-electron chi connectivity index (χ3n) is 4.59. The number of hydrogen-bond donors (Lipinski definition) is 1. The van der Waals surface area contributed by atoms with Crippen molar-refractivity contribution in [3.8, 4) is 11.5 Å². The van der Waals surface area contributed by atoms with Gasteiger partial charge in [-0.25, -0.2) is 4.98 Å². The van der Waals surface area contributed by atoms with Gasteiger partial charge in [-0.3, -0.25) is 14.8 Å². The summed E-state index contributed by atoms with van der Waals surface area (Å²) in [5.74, 6) is 0.823. The third-order valence-corrected chi connectivity index (χ3v) is 4.59. The summed E-state index contributed by atoms with van der Waals surface area (Å²) in [6.45, 7) is 0. The summed E-state index contributed by atoms with van der Waals surface area (Å²) < 4.78 is 5.99. The molecule has 1 aliphatic rings. The fourth-order valence-electron chi connectivity index (χ4n) is 3.35. The monoisotopic (exact) mass is 342 g/mol. The second kappa shape index (κ2) is 5.77. The highest BCUT2D eigenvalue weighted by Crippen LogP contribution is 2.38. The molecular weight excluding hydrogens is 328 g/mol. The van der Waals surface area contributed by atoms with Crippen molar-refractivity contribution in [2.24, 2.45) is 0 Å². The van der Waals surface area contributed by atoms with Gasteiger partial charge in [-0.05, 0) is 36.2 Å². The molecule has 0 bridgehead atoms. The van der Waals surface area contributed by atoms with Crippen molar-refractivity contribution in [1.82, 2.24) is 15.0 Å². The second-order valence-corrected chi connectivity index (χ2v) is 6.19. The van der Waals surface area contributed by atoms with Crippen LogP contribution in [0.25, 0.3) is 22.4 Å². The summed E-state index contributed by atoms with van der Waals surface area (Å²) in [7, 11) is 0. The van der Waals surface area contributed by atoms with Crippen LogP contribution in [0.15, 0.2) is 59.7 Å². The van der Waals surface area contributed by atoms with Crippen molar-refractivity contribution in [1.29, 1.82) is 0 Å². The Morgan fingerprint density at radius 3 is 2.81 bits per heavy atom. The molecule has 6 nitrogen and oxygen atoms in total. The third kappa shape index (κ3) is 2.35. The van der Waals surface area contributed by atoms with E-state index < -0.39 is 0 Å². The molecule has 0 fully saturated rings. The quantitative estimate of drug-likeness (QED) is 0.602. The smallest absolute Gasteiger partial charge is 0.178 e. The van der Waals surface area contributed by atoms with Crippen LogP contribution in [-0.4, -0.2) is 20.7 Å². The topological polar surface area (TPSA) is 80.9 Å². The van der Waals surface area contributed by atoms with Crippen LogP contribution in [0, 0.1) is 0 Å². The zero-order chi connectivity index (χ0) is 17.5. The van der Waals surface area contributed by atoms with E-state index in [4.69, 9.17) is 4.42 Å². The van der Waals surface area contributed by atoms with Gasteiger partial charge in [0.1, 0.15) is 5.69 Å². The first kappa shape index (κ1) is 14.8. The highest BCUT2D eigenvalue weighted by molar-refractivity contribution is 6.02. The van der Waals surface area contributed by atoms with E-state index in [1.807, 2.05) is 24.3 Å². The normalized spacial score (nSPS) is 13.2. The second-order valence-electron chi connectivity index (χ2n) is 6.19. The van der Waals surface area contributed by atoms with Crippen molar-refractivity contribution < 1.29 is 9.21 Å². The van der Waals surface area contributed by atoms with E-state index in [0.717, 1.165) is 34.3 Å². The van der Waals surface area contributed by atoms with E-state index in [0.29, 0.717) is 23.5 Å². The molecule has 126 valence electrons. The lowest BCUT2D eigenvalue weighted by Crippen LogP contribution is -1.95. The zero-order valence-corrected chi connectivity index (χ0v) is 13.8. The largest absolute Gasteiger partial charge is 0.450 e. The first-order valence-electron chi connectivity index (χ1n) is 8.35. The molecule has 26 heavy (non-hydrogen) atoms. The van der Waals surface area contributed by atoms with Crippen LogP contribution in [0.3, 0.4) is 0 Å².